The number of methoxy groups -OCH3 is 2. The van der Waals surface area contributed by atoms with Crippen LogP contribution >= 0.6 is 0 Å². The van der Waals surface area contributed by atoms with Gasteiger partial charge in [-0.1, -0.05) is 0 Å². The molecular formula is C21H29N3O3. The van der Waals surface area contributed by atoms with E-state index in [1.165, 1.54) is 5.69 Å². The lowest BCUT2D eigenvalue weighted by Gasteiger charge is -2.20. The van der Waals surface area contributed by atoms with E-state index >= 15 is 0 Å². The van der Waals surface area contributed by atoms with Gasteiger partial charge in [0.25, 0.3) is 5.91 Å². The van der Waals surface area contributed by atoms with Crippen molar-refractivity contribution >= 4 is 5.91 Å². The number of carbonyl (C=O) groups is 1. The fourth-order valence-electron chi connectivity index (χ4n) is 3.58. The third-order valence-electron chi connectivity index (χ3n) is 5.26. The molecule has 1 aliphatic heterocycles. The van der Waals surface area contributed by atoms with Crippen molar-refractivity contribution in [3.63, 3.8) is 0 Å². The largest absolute Gasteiger partial charge is 0.493 e. The molecular weight excluding hydrogens is 342 g/mol. The van der Waals surface area contributed by atoms with Crippen LogP contribution in [0.4, 0.5) is 0 Å². The Labute approximate surface area is 161 Å². The van der Waals surface area contributed by atoms with Crippen molar-refractivity contribution in [1.82, 2.24) is 14.4 Å². The molecule has 0 radical (unpaired) electrons. The van der Waals surface area contributed by atoms with Crippen molar-refractivity contribution < 1.29 is 14.3 Å². The molecule has 1 aromatic heterocycles. The molecule has 1 aliphatic rings. The van der Waals surface area contributed by atoms with Gasteiger partial charge in [0, 0.05) is 50.6 Å². The number of ether oxygens (including phenoxy) is 2. The Balaban J connectivity index is 1.49. The number of fused-ring (bicyclic) bond motifs is 1. The number of likely N-dealkylation sites (N-methyl/N-ethyl adjacent to an activating group) is 1. The Morgan fingerprint density at radius 1 is 1.15 bits per heavy atom. The maximum Gasteiger partial charge on any atom is 0.254 e. The number of hydrogen-bond acceptors (Lipinski definition) is 4. The maximum absolute atomic E-state index is 12.7. The molecule has 2 heterocycles. The standard InChI is InChI=1S/C21H29N3O3/c1-22(12-8-17-7-5-10-23(17)2)9-6-11-24-15-16-13-19(26-3)20(27-4)14-18(16)21(24)25/h5,7,10,13-14H,6,8-9,11-12,15H2,1-4H3. The first-order valence-corrected chi connectivity index (χ1v) is 9.36. The fourth-order valence-corrected chi connectivity index (χ4v) is 3.58. The van der Waals surface area contributed by atoms with Gasteiger partial charge in [0.05, 0.1) is 14.2 Å². The fraction of sp³-hybridized carbons (Fsp3) is 0.476. The summed E-state index contributed by atoms with van der Waals surface area (Å²) in [7, 11) is 7.42. The molecule has 0 fully saturated rings. The number of aromatic nitrogens is 1. The van der Waals surface area contributed by atoms with E-state index in [-0.39, 0.29) is 5.91 Å². The van der Waals surface area contributed by atoms with Gasteiger partial charge in [-0.25, -0.2) is 0 Å². The van der Waals surface area contributed by atoms with Crippen molar-refractivity contribution in [2.24, 2.45) is 7.05 Å². The molecule has 146 valence electrons. The predicted octanol–water partition coefficient (Wildman–Crippen LogP) is 2.56. The molecule has 27 heavy (non-hydrogen) atoms. The highest BCUT2D eigenvalue weighted by atomic mass is 16.5. The van der Waals surface area contributed by atoms with E-state index in [1.54, 1.807) is 20.3 Å². The first kappa shape index (κ1) is 19.3. The highest BCUT2D eigenvalue weighted by Gasteiger charge is 2.29. The summed E-state index contributed by atoms with van der Waals surface area (Å²) in [5.41, 5.74) is 3.08. The van der Waals surface area contributed by atoms with Crippen LogP contribution in [0, 0.1) is 0 Å². The average Bonchev–Trinajstić information content (AvgIpc) is 3.22. The van der Waals surface area contributed by atoms with Gasteiger partial charge >= 0.3 is 0 Å². The summed E-state index contributed by atoms with van der Waals surface area (Å²) < 4.78 is 12.8. The van der Waals surface area contributed by atoms with Crippen LogP contribution in [0.2, 0.25) is 0 Å². The van der Waals surface area contributed by atoms with Gasteiger partial charge in [-0.2, -0.15) is 0 Å². The zero-order valence-corrected chi connectivity index (χ0v) is 16.7. The Morgan fingerprint density at radius 3 is 2.56 bits per heavy atom. The lowest BCUT2D eigenvalue weighted by Crippen LogP contribution is -2.29. The highest BCUT2D eigenvalue weighted by Crippen LogP contribution is 2.34. The number of benzene rings is 1. The summed E-state index contributed by atoms with van der Waals surface area (Å²) in [6.45, 7) is 3.38. The zero-order chi connectivity index (χ0) is 19.4. The average molecular weight is 371 g/mol. The van der Waals surface area contributed by atoms with Crippen molar-refractivity contribution in [2.75, 3.05) is 40.9 Å². The number of rotatable bonds is 9. The van der Waals surface area contributed by atoms with Crippen LogP contribution in [0.1, 0.15) is 28.0 Å². The molecule has 0 saturated heterocycles. The Bertz CT molecular complexity index is 800. The number of carbonyl (C=O) groups excluding carboxylic acids is 1. The molecule has 2 aromatic rings. The quantitative estimate of drug-likeness (QED) is 0.680. The van der Waals surface area contributed by atoms with Crippen LogP contribution < -0.4 is 9.47 Å². The second-order valence-electron chi connectivity index (χ2n) is 7.11. The number of aryl methyl sites for hydroxylation is 1. The molecule has 1 amide bonds. The van der Waals surface area contributed by atoms with E-state index < -0.39 is 0 Å². The SMILES string of the molecule is COc1cc2c(cc1OC)C(=O)N(CCCN(C)CCc1cccn1C)C2. The first-order valence-electron chi connectivity index (χ1n) is 9.36. The second-order valence-corrected chi connectivity index (χ2v) is 7.11. The Morgan fingerprint density at radius 2 is 1.89 bits per heavy atom. The van der Waals surface area contributed by atoms with Gasteiger partial charge < -0.3 is 23.8 Å². The first-order chi connectivity index (χ1) is 13.0. The minimum absolute atomic E-state index is 0.0809. The van der Waals surface area contributed by atoms with E-state index in [0.717, 1.165) is 43.6 Å². The third-order valence-corrected chi connectivity index (χ3v) is 5.26. The number of nitrogens with zero attached hydrogens (tertiary/aromatic N) is 3. The Kier molecular flexibility index (Phi) is 6.06. The summed E-state index contributed by atoms with van der Waals surface area (Å²) in [5.74, 6) is 1.36. The maximum atomic E-state index is 12.7. The minimum atomic E-state index is 0.0809. The van der Waals surface area contributed by atoms with Gasteiger partial charge in [0.15, 0.2) is 11.5 Å². The minimum Gasteiger partial charge on any atom is -0.493 e. The number of hydrogen-bond donors (Lipinski definition) is 0. The number of amides is 1. The summed E-state index contributed by atoms with van der Waals surface area (Å²) in [6, 6.07) is 7.95. The second kappa shape index (κ2) is 8.48. The van der Waals surface area contributed by atoms with Crippen LogP contribution in [0.15, 0.2) is 30.5 Å². The topological polar surface area (TPSA) is 46.9 Å². The summed E-state index contributed by atoms with van der Waals surface area (Å²) >= 11 is 0. The molecule has 0 aliphatic carbocycles. The van der Waals surface area contributed by atoms with Crippen LogP contribution in [0.25, 0.3) is 0 Å². The molecule has 1 aromatic carbocycles. The van der Waals surface area contributed by atoms with Crippen LogP contribution in [0.5, 0.6) is 11.5 Å². The molecule has 6 nitrogen and oxygen atoms in total. The zero-order valence-electron chi connectivity index (χ0n) is 16.7. The molecule has 0 saturated carbocycles. The van der Waals surface area contributed by atoms with Gasteiger partial charge in [-0.05, 0) is 49.8 Å². The van der Waals surface area contributed by atoms with Crippen molar-refractivity contribution in [3.05, 3.63) is 47.3 Å². The van der Waals surface area contributed by atoms with E-state index in [4.69, 9.17) is 9.47 Å². The van der Waals surface area contributed by atoms with E-state index in [2.05, 4.69) is 41.9 Å². The van der Waals surface area contributed by atoms with E-state index in [9.17, 15) is 4.79 Å². The van der Waals surface area contributed by atoms with Gasteiger partial charge in [-0.15, -0.1) is 0 Å². The summed E-state index contributed by atoms with van der Waals surface area (Å²) in [4.78, 5) is 16.9. The Hall–Kier alpha value is -2.47. The van der Waals surface area contributed by atoms with Gasteiger partial charge in [0.2, 0.25) is 0 Å². The third kappa shape index (κ3) is 4.27. The van der Waals surface area contributed by atoms with Crippen LogP contribution in [-0.4, -0.2) is 61.2 Å². The van der Waals surface area contributed by atoms with Gasteiger partial charge in [-0.3, -0.25) is 4.79 Å². The smallest absolute Gasteiger partial charge is 0.254 e. The van der Waals surface area contributed by atoms with Crippen molar-refractivity contribution in [1.29, 1.82) is 0 Å². The molecule has 0 unspecified atom stereocenters. The predicted molar refractivity (Wildman–Crippen MR) is 106 cm³/mol. The molecule has 0 bridgehead atoms. The van der Waals surface area contributed by atoms with Crippen molar-refractivity contribution in [2.45, 2.75) is 19.4 Å². The molecule has 0 spiro atoms. The molecule has 3 rings (SSSR count). The summed E-state index contributed by atoms with van der Waals surface area (Å²) in [6.07, 6.45) is 4.07. The van der Waals surface area contributed by atoms with Crippen molar-refractivity contribution in [3.8, 4) is 11.5 Å². The molecule has 0 atom stereocenters. The lowest BCUT2D eigenvalue weighted by atomic mass is 10.1. The molecule has 0 N–H and O–H groups in total. The van der Waals surface area contributed by atoms with Crippen LogP contribution in [-0.2, 0) is 20.0 Å². The monoisotopic (exact) mass is 371 g/mol. The normalized spacial score (nSPS) is 13.4. The van der Waals surface area contributed by atoms with Gasteiger partial charge in [0.1, 0.15) is 0 Å². The van der Waals surface area contributed by atoms with Crippen LogP contribution in [0.3, 0.4) is 0 Å². The van der Waals surface area contributed by atoms with E-state index in [0.29, 0.717) is 18.0 Å². The molecule has 6 heteroatoms. The lowest BCUT2D eigenvalue weighted by molar-refractivity contribution is 0.0772. The summed E-state index contributed by atoms with van der Waals surface area (Å²) in [5, 5.41) is 0. The van der Waals surface area contributed by atoms with E-state index in [1.807, 2.05) is 11.0 Å². The highest BCUT2D eigenvalue weighted by molar-refractivity contribution is 5.99.